The van der Waals surface area contributed by atoms with Crippen molar-refractivity contribution in [1.82, 2.24) is 4.90 Å². The van der Waals surface area contributed by atoms with Crippen molar-refractivity contribution in [3.8, 4) is 5.75 Å². The highest BCUT2D eigenvalue weighted by atomic mass is 19.1. The summed E-state index contributed by atoms with van der Waals surface area (Å²) in [7, 11) is 0. The van der Waals surface area contributed by atoms with Crippen molar-refractivity contribution in [2.45, 2.75) is 46.0 Å². The second kappa shape index (κ2) is 8.52. The molecule has 0 saturated carbocycles. The summed E-state index contributed by atoms with van der Waals surface area (Å²) in [6, 6.07) is 4.57. The summed E-state index contributed by atoms with van der Waals surface area (Å²) in [5.41, 5.74) is 0.597. The molecule has 1 aliphatic heterocycles. The molecule has 0 spiro atoms. The largest absolute Gasteiger partial charge is 0.493 e. The molecule has 0 aromatic heterocycles. The standard InChI is InChI=1S/C20H28FNO4/c1-5-25-19(24)11-18(23)22-9-8-14(12-22)13-26-17-7-6-15(21)10-16(17)20(2,3)4/h6-7,10,14H,5,8-9,11-13H2,1-4H3. The molecule has 0 radical (unpaired) electrons. The van der Waals surface area contributed by atoms with E-state index < -0.39 is 5.97 Å². The van der Waals surface area contributed by atoms with E-state index in [1.54, 1.807) is 17.9 Å². The van der Waals surface area contributed by atoms with Gasteiger partial charge in [-0.15, -0.1) is 0 Å². The van der Waals surface area contributed by atoms with Gasteiger partial charge in [0.25, 0.3) is 0 Å². The van der Waals surface area contributed by atoms with E-state index >= 15 is 0 Å². The zero-order chi connectivity index (χ0) is 19.3. The van der Waals surface area contributed by atoms with Gasteiger partial charge >= 0.3 is 5.97 Å². The summed E-state index contributed by atoms with van der Waals surface area (Å²) in [5.74, 6) is -0.102. The minimum absolute atomic E-state index is 0.194. The highest BCUT2D eigenvalue weighted by molar-refractivity contribution is 5.94. The van der Waals surface area contributed by atoms with Crippen LogP contribution in [0.15, 0.2) is 18.2 Å². The van der Waals surface area contributed by atoms with Crippen LogP contribution in [0.25, 0.3) is 0 Å². The molecule has 0 aliphatic carbocycles. The number of hydrogen-bond acceptors (Lipinski definition) is 4. The van der Waals surface area contributed by atoms with Gasteiger partial charge in [0, 0.05) is 24.6 Å². The average molecular weight is 365 g/mol. The summed E-state index contributed by atoms with van der Waals surface area (Å²) in [6.45, 7) is 9.66. The highest BCUT2D eigenvalue weighted by Crippen LogP contribution is 2.32. The van der Waals surface area contributed by atoms with Crippen molar-refractivity contribution in [1.29, 1.82) is 0 Å². The summed E-state index contributed by atoms with van der Waals surface area (Å²) in [6.07, 6.45) is 0.605. The number of carbonyl (C=O) groups is 2. The fourth-order valence-electron chi connectivity index (χ4n) is 3.06. The van der Waals surface area contributed by atoms with Gasteiger partial charge in [-0.05, 0) is 37.0 Å². The molecule has 0 N–H and O–H groups in total. The Hall–Kier alpha value is -2.11. The molecule has 1 fully saturated rings. The average Bonchev–Trinajstić information content (AvgIpc) is 3.02. The van der Waals surface area contributed by atoms with Crippen LogP contribution in [-0.4, -0.2) is 43.1 Å². The smallest absolute Gasteiger partial charge is 0.315 e. The Morgan fingerprint density at radius 3 is 2.69 bits per heavy atom. The topological polar surface area (TPSA) is 55.8 Å². The fourth-order valence-corrected chi connectivity index (χ4v) is 3.06. The molecule has 5 nitrogen and oxygen atoms in total. The Labute approximate surface area is 154 Å². The maximum Gasteiger partial charge on any atom is 0.315 e. The van der Waals surface area contributed by atoms with Gasteiger partial charge in [-0.2, -0.15) is 0 Å². The summed E-state index contributed by atoms with van der Waals surface area (Å²) < 4.78 is 24.4. The van der Waals surface area contributed by atoms with Crippen LogP contribution in [0, 0.1) is 11.7 Å². The lowest BCUT2D eigenvalue weighted by Gasteiger charge is -2.24. The molecule has 1 atom stereocenters. The van der Waals surface area contributed by atoms with E-state index in [1.807, 2.05) is 20.8 Å². The van der Waals surface area contributed by atoms with E-state index in [2.05, 4.69) is 0 Å². The predicted molar refractivity (Wildman–Crippen MR) is 96.5 cm³/mol. The second-order valence-corrected chi connectivity index (χ2v) is 7.68. The predicted octanol–water partition coefficient (Wildman–Crippen LogP) is 3.30. The van der Waals surface area contributed by atoms with Crippen molar-refractivity contribution < 1.29 is 23.5 Å². The first kappa shape index (κ1) is 20.2. The Morgan fingerprint density at radius 1 is 1.31 bits per heavy atom. The van der Waals surface area contributed by atoms with Crippen LogP contribution in [0.4, 0.5) is 4.39 Å². The number of rotatable bonds is 6. The van der Waals surface area contributed by atoms with Crippen molar-refractivity contribution in [2.24, 2.45) is 5.92 Å². The van der Waals surface area contributed by atoms with Crippen LogP contribution in [0.2, 0.25) is 0 Å². The Bertz CT molecular complexity index is 654. The molecule has 1 saturated heterocycles. The van der Waals surface area contributed by atoms with Gasteiger partial charge in [0.15, 0.2) is 0 Å². The van der Waals surface area contributed by atoms with Gasteiger partial charge in [-0.1, -0.05) is 20.8 Å². The molecule has 1 aromatic rings. The number of esters is 1. The molecule has 144 valence electrons. The lowest BCUT2D eigenvalue weighted by molar-refractivity contribution is -0.148. The summed E-state index contributed by atoms with van der Waals surface area (Å²) in [5, 5.41) is 0. The lowest BCUT2D eigenvalue weighted by Crippen LogP contribution is -2.31. The number of halogens is 1. The number of carbonyl (C=O) groups excluding carboxylic acids is 2. The first-order chi connectivity index (χ1) is 12.2. The number of amides is 1. The zero-order valence-corrected chi connectivity index (χ0v) is 16.0. The lowest BCUT2D eigenvalue weighted by atomic mass is 9.86. The number of hydrogen-bond donors (Lipinski definition) is 0. The number of ether oxygens (including phenoxy) is 2. The van der Waals surface area contributed by atoms with E-state index in [0.717, 1.165) is 12.0 Å². The molecular formula is C20H28FNO4. The molecule has 1 amide bonds. The van der Waals surface area contributed by atoms with Crippen LogP contribution in [0.3, 0.4) is 0 Å². The first-order valence-electron chi connectivity index (χ1n) is 9.07. The first-order valence-corrected chi connectivity index (χ1v) is 9.07. The number of benzene rings is 1. The number of nitrogens with zero attached hydrogens (tertiary/aromatic N) is 1. The molecule has 1 unspecified atom stereocenters. The minimum atomic E-state index is -0.488. The SMILES string of the molecule is CCOC(=O)CC(=O)N1CCC(COc2ccc(F)cc2C(C)(C)C)C1. The highest BCUT2D eigenvalue weighted by Gasteiger charge is 2.28. The maximum atomic E-state index is 13.6. The molecule has 1 heterocycles. The van der Waals surface area contributed by atoms with E-state index in [-0.39, 0.29) is 36.1 Å². The normalized spacial score (nSPS) is 17.3. The third-order valence-electron chi connectivity index (χ3n) is 4.46. The van der Waals surface area contributed by atoms with Gasteiger partial charge in [-0.3, -0.25) is 9.59 Å². The molecule has 26 heavy (non-hydrogen) atoms. The maximum absolute atomic E-state index is 13.6. The molecule has 2 rings (SSSR count). The quantitative estimate of drug-likeness (QED) is 0.573. The van der Waals surface area contributed by atoms with Crippen LogP contribution < -0.4 is 4.74 Å². The Kier molecular flexibility index (Phi) is 6.62. The van der Waals surface area contributed by atoms with E-state index in [1.165, 1.54) is 12.1 Å². The molecule has 1 aromatic carbocycles. The molecular weight excluding hydrogens is 337 g/mol. The summed E-state index contributed by atoms with van der Waals surface area (Å²) >= 11 is 0. The number of likely N-dealkylation sites (tertiary alicyclic amines) is 1. The van der Waals surface area contributed by atoms with E-state index in [0.29, 0.717) is 25.4 Å². The van der Waals surface area contributed by atoms with Crippen molar-refractivity contribution in [2.75, 3.05) is 26.3 Å². The van der Waals surface area contributed by atoms with Gasteiger partial charge in [-0.25, -0.2) is 4.39 Å². The van der Waals surface area contributed by atoms with E-state index in [4.69, 9.17) is 9.47 Å². The monoisotopic (exact) mass is 365 g/mol. The third kappa shape index (κ3) is 5.44. The zero-order valence-electron chi connectivity index (χ0n) is 16.0. The van der Waals surface area contributed by atoms with Crippen LogP contribution in [0.5, 0.6) is 5.75 Å². The van der Waals surface area contributed by atoms with E-state index in [9.17, 15) is 14.0 Å². The Balaban J connectivity index is 1.90. The minimum Gasteiger partial charge on any atom is -0.493 e. The molecule has 6 heteroatoms. The molecule has 0 bridgehead atoms. The van der Waals surface area contributed by atoms with Gasteiger partial charge in [0.2, 0.25) is 5.91 Å². The van der Waals surface area contributed by atoms with Crippen LogP contribution >= 0.6 is 0 Å². The Morgan fingerprint density at radius 2 is 2.04 bits per heavy atom. The second-order valence-electron chi connectivity index (χ2n) is 7.68. The van der Waals surface area contributed by atoms with Crippen LogP contribution in [-0.2, 0) is 19.7 Å². The molecule has 1 aliphatic rings. The van der Waals surface area contributed by atoms with Gasteiger partial charge in [0.05, 0.1) is 13.2 Å². The van der Waals surface area contributed by atoms with Crippen LogP contribution in [0.1, 0.15) is 46.1 Å². The van der Waals surface area contributed by atoms with Crippen molar-refractivity contribution in [3.63, 3.8) is 0 Å². The van der Waals surface area contributed by atoms with Gasteiger partial charge < -0.3 is 14.4 Å². The summed E-state index contributed by atoms with van der Waals surface area (Å²) in [4.78, 5) is 25.2. The van der Waals surface area contributed by atoms with Crippen molar-refractivity contribution in [3.05, 3.63) is 29.6 Å². The fraction of sp³-hybridized carbons (Fsp3) is 0.600. The third-order valence-corrected chi connectivity index (χ3v) is 4.46. The van der Waals surface area contributed by atoms with Crippen molar-refractivity contribution >= 4 is 11.9 Å². The van der Waals surface area contributed by atoms with Gasteiger partial charge in [0.1, 0.15) is 18.0 Å².